The number of hydrogen-bond acceptors (Lipinski definition) is 5. The van der Waals surface area contributed by atoms with Gasteiger partial charge in [0.2, 0.25) is 3.79 Å². The summed E-state index contributed by atoms with van der Waals surface area (Å²) >= 11 is 23.0. The third kappa shape index (κ3) is 7.01. The lowest BCUT2D eigenvalue weighted by atomic mass is 10.2. The van der Waals surface area contributed by atoms with Crippen molar-refractivity contribution in [3.8, 4) is 5.75 Å². The van der Waals surface area contributed by atoms with Crippen LogP contribution >= 0.6 is 47.0 Å². The minimum Gasteiger partial charge on any atom is -0.495 e. The van der Waals surface area contributed by atoms with Gasteiger partial charge in [-0.05, 0) is 32.1 Å². The maximum Gasteiger partial charge on any atom is 0.319 e. The molecular formula is C15H20Cl3N5O4S. The number of rotatable bonds is 7. The number of nitrogens with zero attached hydrogens (tertiary/aromatic N) is 2. The van der Waals surface area contributed by atoms with Crippen molar-refractivity contribution in [1.82, 2.24) is 15.5 Å². The zero-order valence-electron chi connectivity index (χ0n) is 15.3. The highest BCUT2D eigenvalue weighted by Crippen LogP contribution is 2.31. The van der Waals surface area contributed by atoms with Gasteiger partial charge in [-0.3, -0.25) is 10.1 Å². The van der Waals surface area contributed by atoms with Crippen molar-refractivity contribution in [2.45, 2.75) is 23.8 Å². The molecule has 0 saturated carbocycles. The fraction of sp³-hybridized carbons (Fsp3) is 0.467. The minimum atomic E-state index is -1.93. The van der Waals surface area contributed by atoms with E-state index >= 15 is 0 Å². The van der Waals surface area contributed by atoms with Crippen LogP contribution in [0.2, 0.25) is 0 Å². The van der Waals surface area contributed by atoms with Crippen LogP contribution in [0.4, 0.5) is 16.2 Å². The molecular weight excluding hydrogens is 453 g/mol. The van der Waals surface area contributed by atoms with E-state index in [-0.39, 0.29) is 16.5 Å². The summed E-state index contributed by atoms with van der Waals surface area (Å²) in [6.45, 7) is 4.54. The molecule has 156 valence electrons. The molecule has 0 aliphatic heterocycles. The molecule has 0 radical (unpaired) electrons. The van der Waals surface area contributed by atoms with Gasteiger partial charge in [-0.25, -0.2) is 4.79 Å². The molecule has 1 rings (SSSR count). The van der Waals surface area contributed by atoms with Gasteiger partial charge in [0.15, 0.2) is 11.3 Å². The average Bonchev–Trinajstić information content (AvgIpc) is 2.61. The number of anilines is 1. The second kappa shape index (κ2) is 10.7. The number of nitro benzene ring substituents is 1. The van der Waals surface area contributed by atoms with Crippen LogP contribution in [0.15, 0.2) is 18.2 Å². The fourth-order valence-corrected chi connectivity index (χ4v) is 2.68. The predicted octanol–water partition coefficient (Wildman–Crippen LogP) is 3.64. The summed E-state index contributed by atoms with van der Waals surface area (Å²) in [5, 5.41) is 18.9. The predicted molar refractivity (Wildman–Crippen MR) is 115 cm³/mol. The standard InChI is InChI=1S/C15H20Cl3N5O4S/c1-4-22(5-2)14(24)21-12(15(16,17)18)20-13(28)19-10-8-9(23(25)26)6-7-11(10)27-3/h6-8,12H,4-5H2,1-3H3,(H,21,24)(H2,19,20,28). The number of methoxy groups -OCH3 is 1. The molecule has 0 saturated heterocycles. The molecule has 9 nitrogen and oxygen atoms in total. The summed E-state index contributed by atoms with van der Waals surface area (Å²) in [7, 11) is 1.40. The number of non-ortho nitro benzene ring substituents is 1. The first-order valence-corrected chi connectivity index (χ1v) is 9.59. The van der Waals surface area contributed by atoms with E-state index in [0.717, 1.165) is 0 Å². The Kier molecular flexibility index (Phi) is 9.28. The Morgan fingerprint density at radius 2 is 1.93 bits per heavy atom. The number of thiocarbonyl (C=S) groups is 1. The SMILES string of the molecule is CCN(CC)C(=O)NC(NC(=S)Nc1cc([N+](=O)[O-])ccc1OC)C(Cl)(Cl)Cl. The van der Waals surface area contributed by atoms with Crippen LogP contribution in [-0.4, -0.2) is 51.1 Å². The molecule has 1 aromatic rings. The monoisotopic (exact) mass is 471 g/mol. The van der Waals surface area contributed by atoms with Gasteiger partial charge >= 0.3 is 6.03 Å². The van der Waals surface area contributed by atoms with Gasteiger partial charge < -0.3 is 25.6 Å². The summed E-state index contributed by atoms with van der Waals surface area (Å²) in [5.41, 5.74) is 0.0613. The quantitative estimate of drug-likeness (QED) is 0.183. The van der Waals surface area contributed by atoms with Crippen LogP contribution in [0, 0.1) is 10.1 Å². The Bertz CT molecular complexity index is 728. The second-order valence-corrected chi connectivity index (χ2v) is 8.11. The molecule has 3 N–H and O–H groups in total. The average molecular weight is 473 g/mol. The van der Waals surface area contributed by atoms with Gasteiger partial charge in [0.25, 0.3) is 5.69 Å². The largest absolute Gasteiger partial charge is 0.495 e. The molecule has 0 spiro atoms. The molecule has 13 heteroatoms. The summed E-state index contributed by atoms with van der Waals surface area (Å²) in [5.74, 6) is 0.312. The number of alkyl halides is 3. The van der Waals surface area contributed by atoms with Gasteiger partial charge in [-0.2, -0.15) is 0 Å². The molecule has 0 fully saturated rings. The summed E-state index contributed by atoms with van der Waals surface area (Å²) in [4.78, 5) is 24.2. The number of nitrogens with one attached hydrogen (secondary N) is 3. The Hall–Kier alpha value is -1.75. The van der Waals surface area contributed by atoms with Crippen LogP contribution in [0.25, 0.3) is 0 Å². The Balaban J connectivity index is 2.96. The highest BCUT2D eigenvalue weighted by Gasteiger charge is 2.35. The summed E-state index contributed by atoms with van der Waals surface area (Å²) in [6.07, 6.45) is -1.17. The summed E-state index contributed by atoms with van der Waals surface area (Å²) in [6, 6.07) is 3.49. The molecule has 2 amide bonds. The third-order valence-corrected chi connectivity index (χ3v) is 4.44. The number of ether oxygens (including phenoxy) is 1. The Morgan fingerprint density at radius 1 is 1.32 bits per heavy atom. The molecule has 0 bridgehead atoms. The number of halogens is 3. The van der Waals surface area contributed by atoms with Crippen molar-refractivity contribution >= 4 is 69.5 Å². The van der Waals surface area contributed by atoms with Gasteiger partial charge in [0.05, 0.1) is 17.7 Å². The number of benzene rings is 1. The topological polar surface area (TPSA) is 109 Å². The normalized spacial score (nSPS) is 11.9. The van der Waals surface area contributed by atoms with E-state index in [1.165, 1.54) is 30.2 Å². The van der Waals surface area contributed by atoms with E-state index < -0.39 is 20.9 Å². The van der Waals surface area contributed by atoms with Crippen molar-refractivity contribution < 1.29 is 14.5 Å². The number of nitro groups is 1. The van der Waals surface area contributed by atoms with E-state index in [2.05, 4.69) is 16.0 Å². The first-order chi connectivity index (χ1) is 13.0. The van der Waals surface area contributed by atoms with Crippen LogP contribution in [0.5, 0.6) is 5.75 Å². The molecule has 1 aromatic carbocycles. The van der Waals surface area contributed by atoms with Crippen LogP contribution in [0.3, 0.4) is 0 Å². The highest BCUT2D eigenvalue weighted by molar-refractivity contribution is 7.80. The van der Waals surface area contributed by atoms with Gasteiger partial charge in [-0.15, -0.1) is 0 Å². The number of carbonyl (C=O) groups excluding carboxylic acids is 1. The van der Waals surface area contributed by atoms with E-state index in [1.807, 2.05) is 13.8 Å². The molecule has 0 aliphatic rings. The first kappa shape index (κ1) is 24.3. The lowest BCUT2D eigenvalue weighted by molar-refractivity contribution is -0.384. The fourth-order valence-electron chi connectivity index (χ4n) is 2.12. The smallest absolute Gasteiger partial charge is 0.319 e. The molecule has 28 heavy (non-hydrogen) atoms. The van der Waals surface area contributed by atoms with Crippen LogP contribution < -0.4 is 20.7 Å². The van der Waals surface area contributed by atoms with Crippen LogP contribution in [0.1, 0.15) is 13.8 Å². The molecule has 0 heterocycles. The highest BCUT2D eigenvalue weighted by atomic mass is 35.6. The van der Waals surface area contributed by atoms with Gasteiger partial charge in [-0.1, -0.05) is 34.8 Å². The zero-order chi connectivity index (χ0) is 21.5. The third-order valence-electron chi connectivity index (χ3n) is 3.56. The van der Waals surface area contributed by atoms with E-state index in [9.17, 15) is 14.9 Å². The molecule has 1 unspecified atom stereocenters. The first-order valence-electron chi connectivity index (χ1n) is 8.05. The van der Waals surface area contributed by atoms with Crippen molar-refractivity contribution in [3.63, 3.8) is 0 Å². The lowest BCUT2D eigenvalue weighted by Gasteiger charge is -2.30. The number of amides is 2. The number of hydrogen-bond donors (Lipinski definition) is 3. The number of urea groups is 1. The molecule has 1 atom stereocenters. The van der Waals surface area contributed by atoms with Crippen molar-refractivity contribution in [3.05, 3.63) is 28.3 Å². The summed E-state index contributed by atoms with van der Waals surface area (Å²) < 4.78 is 3.22. The van der Waals surface area contributed by atoms with Gasteiger partial charge in [0.1, 0.15) is 5.75 Å². The van der Waals surface area contributed by atoms with E-state index in [1.54, 1.807) is 0 Å². The van der Waals surface area contributed by atoms with Crippen LogP contribution in [-0.2, 0) is 0 Å². The van der Waals surface area contributed by atoms with Crippen molar-refractivity contribution in [2.75, 3.05) is 25.5 Å². The lowest BCUT2D eigenvalue weighted by Crippen LogP contribution is -2.58. The van der Waals surface area contributed by atoms with Crippen molar-refractivity contribution in [1.29, 1.82) is 0 Å². The maximum atomic E-state index is 12.3. The zero-order valence-corrected chi connectivity index (χ0v) is 18.4. The van der Waals surface area contributed by atoms with Crippen molar-refractivity contribution in [2.24, 2.45) is 0 Å². The Labute approximate surface area is 182 Å². The Morgan fingerprint density at radius 3 is 2.39 bits per heavy atom. The molecule has 0 aliphatic carbocycles. The number of carbonyl (C=O) groups is 1. The maximum absolute atomic E-state index is 12.3. The van der Waals surface area contributed by atoms with E-state index in [0.29, 0.717) is 18.8 Å². The second-order valence-electron chi connectivity index (χ2n) is 5.34. The van der Waals surface area contributed by atoms with Gasteiger partial charge in [0, 0.05) is 25.2 Å². The minimum absolute atomic E-state index is 0.0463. The molecule has 0 aromatic heterocycles. The van der Waals surface area contributed by atoms with E-state index in [4.69, 9.17) is 51.8 Å².